The van der Waals surface area contributed by atoms with Crippen molar-refractivity contribution in [2.45, 2.75) is 161 Å². The lowest BCUT2D eigenvalue weighted by Crippen LogP contribution is -2.52. The van der Waals surface area contributed by atoms with Crippen LogP contribution < -0.4 is 4.74 Å². The lowest BCUT2D eigenvalue weighted by Gasteiger charge is -2.39. The first-order valence-corrected chi connectivity index (χ1v) is 41.9. The number of hydrogen-bond donors (Lipinski definition) is 5. The molecule has 0 aromatic heterocycles. The summed E-state index contributed by atoms with van der Waals surface area (Å²) in [4.78, 5) is 0. The Balaban J connectivity index is 0.000000353. The largest absolute Gasteiger partial charge is 0.508 e. The summed E-state index contributed by atoms with van der Waals surface area (Å²) in [6.07, 6.45) is 7.65. The molecule has 0 saturated carbocycles. The zero-order chi connectivity index (χ0) is 49.4. The van der Waals surface area contributed by atoms with Gasteiger partial charge in [0, 0.05) is 5.56 Å². The van der Waals surface area contributed by atoms with E-state index in [0.29, 0.717) is 22.8 Å². The van der Waals surface area contributed by atoms with Gasteiger partial charge in [0.25, 0.3) is 0 Å². The predicted molar refractivity (Wildman–Crippen MR) is 287 cm³/mol. The number of aryl methyl sites for hydroxylation is 4. The van der Waals surface area contributed by atoms with Crippen molar-refractivity contribution in [3.8, 4) is 28.7 Å². The third-order valence-corrected chi connectivity index (χ3v) is 34.5. The summed E-state index contributed by atoms with van der Waals surface area (Å²) in [7, 11) is -10.4. The van der Waals surface area contributed by atoms with Gasteiger partial charge in [-0.1, -0.05) is 48.5 Å². The van der Waals surface area contributed by atoms with Crippen LogP contribution in [0, 0.1) is 0 Å². The van der Waals surface area contributed by atoms with Crippen LogP contribution in [0.5, 0.6) is 28.7 Å². The molecule has 0 aliphatic heterocycles. The van der Waals surface area contributed by atoms with Crippen LogP contribution >= 0.6 is 0 Å². The number of rotatable bonds is 26. The maximum absolute atomic E-state index is 9.97. The first-order chi connectivity index (χ1) is 30.6. The molecule has 66 heavy (non-hydrogen) atoms. The SMILES string of the molecule is COc1cc(CCC[Si](C)(C)O[Si](C)(C)O[Si](C)(C)CCCc2ccc(O)c(CO)c2)ccc1O.C[Si](C)(CCCc1ccccc1O)O[Si](C)(C)O[Si](C)(C)CCCc1ccccc1O. The summed E-state index contributed by atoms with van der Waals surface area (Å²) >= 11 is 0. The van der Waals surface area contributed by atoms with Gasteiger partial charge in [-0.25, -0.2) is 0 Å². The molecule has 368 valence electrons. The third kappa shape index (κ3) is 21.5. The van der Waals surface area contributed by atoms with Crippen molar-refractivity contribution in [2.24, 2.45) is 0 Å². The van der Waals surface area contributed by atoms with Crippen LogP contribution in [0.15, 0.2) is 84.9 Å². The predicted octanol–water partition coefficient (Wildman–Crippen LogP) is 13.1. The molecule has 4 aromatic rings. The van der Waals surface area contributed by atoms with Crippen molar-refractivity contribution in [3.63, 3.8) is 0 Å². The van der Waals surface area contributed by atoms with Gasteiger partial charge in [0.15, 0.2) is 44.8 Å². The summed E-state index contributed by atoms with van der Waals surface area (Å²) in [6.45, 7) is 26.8. The van der Waals surface area contributed by atoms with Gasteiger partial charge in [-0.3, -0.25) is 0 Å². The average molecular weight is 1010 g/mol. The number of phenols is 4. The van der Waals surface area contributed by atoms with Crippen molar-refractivity contribution in [1.82, 2.24) is 0 Å². The molecule has 0 spiro atoms. The van der Waals surface area contributed by atoms with Gasteiger partial charge in [-0.15, -0.1) is 0 Å². The number of hydrogen-bond acceptors (Lipinski definition) is 10. The van der Waals surface area contributed by atoms with Crippen LogP contribution in [0.4, 0.5) is 0 Å². The minimum absolute atomic E-state index is 0.147. The molecule has 4 rings (SSSR count). The molecule has 0 aliphatic rings. The highest BCUT2D eigenvalue weighted by Gasteiger charge is 2.40. The normalized spacial score (nSPS) is 12.8. The van der Waals surface area contributed by atoms with Crippen molar-refractivity contribution < 1.29 is 46.7 Å². The molecule has 4 aromatic carbocycles. The second-order valence-electron chi connectivity index (χ2n) is 21.0. The molecule has 0 atom stereocenters. The van der Waals surface area contributed by atoms with Crippen molar-refractivity contribution >= 4 is 50.4 Å². The smallest absolute Gasteiger partial charge is 0.311 e. The highest BCUT2D eigenvalue weighted by atomic mass is 28.5. The topological polar surface area (TPSA) is 147 Å². The molecule has 0 aliphatic carbocycles. The van der Waals surface area contributed by atoms with E-state index in [4.69, 9.17) is 21.2 Å². The lowest BCUT2D eigenvalue weighted by atomic mass is 10.1. The van der Waals surface area contributed by atoms with E-state index in [1.807, 2.05) is 60.7 Å². The van der Waals surface area contributed by atoms with Gasteiger partial charge in [0.1, 0.15) is 17.2 Å². The fraction of sp³-hybridized carbons (Fsp3) is 0.520. The molecule has 0 radical (unpaired) electrons. The highest BCUT2D eigenvalue weighted by Crippen LogP contribution is 2.32. The zero-order valence-corrected chi connectivity index (χ0v) is 48.6. The first-order valence-electron chi connectivity index (χ1n) is 23.8. The molecule has 0 amide bonds. The molecule has 0 saturated heterocycles. The Labute approximate surface area is 404 Å². The molecule has 0 bridgehead atoms. The van der Waals surface area contributed by atoms with Gasteiger partial charge >= 0.3 is 17.1 Å². The summed E-state index contributed by atoms with van der Waals surface area (Å²) in [5.41, 5.74) is 4.89. The fourth-order valence-corrected chi connectivity index (χ4v) is 37.1. The molecule has 5 N–H and O–H groups in total. The van der Waals surface area contributed by atoms with Gasteiger partial charge in [0.2, 0.25) is 0 Å². The van der Waals surface area contributed by atoms with Crippen LogP contribution in [0.2, 0.25) is 103 Å². The van der Waals surface area contributed by atoms with Crippen LogP contribution in [0.25, 0.3) is 0 Å². The number of methoxy groups -OCH3 is 1. The zero-order valence-electron chi connectivity index (χ0n) is 42.6. The Bertz CT molecular complexity index is 1950. The lowest BCUT2D eigenvalue weighted by molar-refractivity contribution is 0.275. The van der Waals surface area contributed by atoms with E-state index in [0.717, 1.165) is 97.8 Å². The molecule has 0 heterocycles. The maximum Gasteiger partial charge on any atom is 0.311 e. The van der Waals surface area contributed by atoms with Crippen molar-refractivity contribution in [1.29, 1.82) is 0 Å². The number of para-hydroxylation sites is 2. The summed E-state index contributed by atoms with van der Waals surface area (Å²) in [5, 5.41) is 48.9. The van der Waals surface area contributed by atoms with Crippen LogP contribution in [0.1, 0.15) is 53.5 Å². The molecule has 0 unspecified atom stereocenters. The Morgan fingerprint density at radius 1 is 0.394 bits per heavy atom. The highest BCUT2D eigenvalue weighted by molar-refractivity contribution is 6.88. The quantitative estimate of drug-likeness (QED) is 0.0385. The van der Waals surface area contributed by atoms with Gasteiger partial charge in [-0.2, -0.15) is 0 Å². The van der Waals surface area contributed by atoms with Crippen LogP contribution in [-0.2, 0) is 48.8 Å². The standard InChI is InChI=1S/C26H44O6Si3.C24H40O4Si3/c1-30-26-19-22(13-15-25(26)29)11-9-17-34(4,5)32-35(6,7)31-33(2,3)16-8-10-21-12-14-24(28)23(18-21)20-27;1-29(2,19-11-15-21-13-7-9-17-23(21)25)27-31(5,6)28-30(3,4)20-12-16-22-14-8-10-18-24(22)26/h12-15,18-19,27-29H,8-11,16-17,20H2,1-7H3;7-10,13-14,17-18,25-26H,11-12,15-16,19-20H2,1-6H3. The number of ether oxygens (including phenoxy) is 1. The number of benzene rings is 4. The molecule has 16 heteroatoms. The molecule has 10 nitrogen and oxygen atoms in total. The van der Waals surface area contributed by atoms with E-state index >= 15 is 0 Å². The Kier molecular flexibility index (Phi) is 22.2. The molecular formula is C50H84O10Si6. The van der Waals surface area contributed by atoms with E-state index in [1.165, 1.54) is 0 Å². The number of aromatic hydroxyl groups is 4. The number of aliphatic hydroxyl groups is 1. The summed E-state index contributed by atoms with van der Waals surface area (Å²) in [5.74, 6) is 1.61. The van der Waals surface area contributed by atoms with Crippen LogP contribution in [-0.4, -0.2) is 83.0 Å². The van der Waals surface area contributed by atoms with E-state index in [2.05, 4.69) is 78.6 Å². The summed E-state index contributed by atoms with van der Waals surface area (Å²) in [6, 6.07) is 30.4. The Hall–Kier alpha value is -3.02. The second-order valence-corrected chi connectivity index (χ2v) is 46.0. The van der Waals surface area contributed by atoms with Crippen molar-refractivity contribution in [3.05, 3.63) is 113 Å². The minimum Gasteiger partial charge on any atom is -0.508 e. The molecular weight excluding hydrogens is 929 g/mol. The maximum atomic E-state index is 9.97. The van der Waals surface area contributed by atoms with E-state index in [9.17, 15) is 25.5 Å². The monoisotopic (exact) mass is 1010 g/mol. The second kappa shape index (κ2) is 25.5. The van der Waals surface area contributed by atoms with Crippen LogP contribution in [0.3, 0.4) is 0 Å². The van der Waals surface area contributed by atoms with Gasteiger partial charge in [0.05, 0.1) is 13.7 Å². The van der Waals surface area contributed by atoms with Crippen molar-refractivity contribution in [2.75, 3.05) is 7.11 Å². The Morgan fingerprint density at radius 3 is 1.09 bits per heavy atom. The van der Waals surface area contributed by atoms with E-state index < -0.39 is 50.4 Å². The van der Waals surface area contributed by atoms with Gasteiger partial charge < -0.3 is 46.7 Å². The van der Waals surface area contributed by atoms with E-state index in [-0.39, 0.29) is 18.1 Å². The summed E-state index contributed by atoms with van der Waals surface area (Å²) < 4.78 is 32.1. The number of aliphatic hydroxyl groups excluding tert-OH is 1. The van der Waals surface area contributed by atoms with E-state index in [1.54, 1.807) is 31.4 Å². The first kappa shape index (κ1) is 57.3. The minimum atomic E-state index is -2.27. The van der Waals surface area contributed by atoms with Gasteiger partial charge in [-0.05, 0) is 213 Å². The fourth-order valence-electron chi connectivity index (χ4n) is 9.00. The average Bonchev–Trinajstić information content (AvgIpc) is 3.19. The molecule has 0 fully saturated rings. The Morgan fingerprint density at radius 2 is 0.727 bits per heavy atom. The third-order valence-electron chi connectivity index (χ3n) is 11.6. The number of phenolic OH excluding ortho intramolecular Hbond substituents is 3.